The molecule has 0 spiro atoms. The van der Waals surface area contributed by atoms with E-state index in [4.69, 9.17) is 10.00 Å². The van der Waals surface area contributed by atoms with Crippen LogP contribution in [0.5, 0.6) is 5.75 Å². The van der Waals surface area contributed by atoms with Gasteiger partial charge in [-0.1, -0.05) is 13.5 Å². The van der Waals surface area contributed by atoms with Crippen molar-refractivity contribution in [2.24, 2.45) is 0 Å². The summed E-state index contributed by atoms with van der Waals surface area (Å²) in [6.07, 6.45) is 1.11. The Bertz CT molecular complexity index is 390. The molecule has 0 atom stereocenters. The van der Waals surface area contributed by atoms with Crippen LogP contribution in [0.3, 0.4) is 0 Å². The van der Waals surface area contributed by atoms with E-state index < -0.39 is 0 Å². The molecule has 1 N–H and O–H groups in total. The second kappa shape index (κ2) is 7.48. The molecule has 17 heavy (non-hydrogen) atoms. The maximum absolute atomic E-state index is 8.65. The smallest absolute Gasteiger partial charge is 0.119 e. The van der Waals surface area contributed by atoms with Crippen molar-refractivity contribution in [2.75, 3.05) is 19.7 Å². The summed E-state index contributed by atoms with van der Waals surface area (Å²) in [5.41, 5.74) is 1.66. The average Bonchev–Trinajstić information content (AvgIpc) is 2.37. The zero-order valence-corrected chi connectivity index (χ0v) is 10.2. The molecule has 0 heterocycles. The quantitative estimate of drug-likeness (QED) is 0.578. The Kier molecular flexibility index (Phi) is 5.84. The molecule has 0 aliphatic heterocycles. The monoisotopic (exact) mass is 230 g/mol. The zero-order valence-electron chi connectivity index (χ0n) is 10.2. The van der Waals surface area contributed by atoms with Gasteiger partial charge in [0, 0.05) is 6.54 Å². The third-order valence-corrected chi connectivity index (χ3v) is 2.23. The molecule has 0 amide bonds. The van der Waals surface area contributed by atoms with Gasteiger partial charge in [-0.05, 0) is 42.8 Å². The molecule has 1 rings (SSSR count). The lowest BCUT2D eigenvalue weighted by molar-refractivity contribution is 0.348. The van der Waals surface area contributed by atoms with Crippen molar-refractivity contribution in [1.29, 1.82) is 5.26 Å². The van der Waals surface area contributed by atoms with Crippen LogP contribution in [0.15, 0.2) is 36.4 Å². The van der Waals surface area contributed by atoms with Gasteiger partial charge in [-0.25, -0.2) is 0 Å². The Hall–Kier alpha value is -1.79. The van der Waals surface area contributed by atoms with E-state index in [9.17, 15) is 0 Å². The summed E-state index contributed by atoms with van der Waals surface area (Å²) in [4.78, 5) is 0. The number of nitriles is 1. The van der Waals surface area contributed by atoms with Crippen LogP contribution < -0.4 is 10.1 Å². The molecule has 0 aliphatic rings. The molecule has 0 saturated carbocycles. The Balaban J connectivity index is 2.30. The first-order valence-corrected chi connectivity index (χ1v) is 5.76. The predicted molar refractivity (Wildman–Crippen MR) is 69.0 cm³/mol. The Morgan fingerprint density at radius 3 is 2.71 bits per heavy atom. The van der Waals surface area contributed by atoms with Crippen LogP contribution in [-0.4, -0.2) is 19.7 Å². The van der Waals surface area contributed by atoms with Gasteiger partial charge in [-0.15, -0.1) is 0 Å². The number of ether oxygens (including phenoxy) is 1. The fraction of sp³-hybridized carbons (Fsp3) is 0.357. The van der Waals surface area contributed by atoms with E-state index in [2.05, 4.69) is 24.9 Å². The number of nitrogens with zero attached hydrogens (tertiary/aromatic N) is 1. The Morgan fingerprint density at radius 1 is 1.41 bits per heavy atom. The Morgan fingerprint density at radius 2 is 2.12 bits per heavy atom. The fourth-order valence-corrected chi connectivity index (χ4v) is 1.30. The van der Waals surface area contributed by atoms with Crippen molar-refractivity contribution in [1.82, 2.24) is 5.32 Å². The third-order valence-electron chi connectivity index (χ3n) is 2.23. The maximum atomic E-state index is 8.65. The lowest BCUT2D eigenvalue weighted by atomic mass is 10.2. The summed E-state index contributed by atoms with van der Waals surface area (Å²) in [7, 11) is 0. The molecule has 1 aromatic carbocycles. The molecule has 90 valence electrons. The van der Waals surface area contributed by atoms with Crippen LogP contribution in [0.4, 0.5) is 0 Å². The molecular weight excluding hydrogens is 212 g/mol. The lowest BCUT2D eigenvalue weighted by Gasteiger charge is -2.09. The summed E-state index contributed by atoms with van der Waals surface area (Å²) >= 11 is 0. The largest absolute Gasteiger partial charge is 0.489 e. The first-order chi connectivity index (χ1) is 8.26. The van der Waals surface area contributed by atoms with Gasteiger partial charge >= 0.3 is 0 Å². The standard InChI is InChI=1S/C14H18N2O/c1-3-8-16-10-12(2)11-17-14-6-4-13(9-15)5-7-14/h4-7,16H,2-3,8,10-11H2,1H3. The first-order valence-electron chi connectivity index (χ1n) is 5.76. The molecule has 0 aliphatic carbocycles. The van der Waals surface area contributed by atoms with E-state index in [1.165, 1.54) is 0 Å². The lowest BCUT2D eigenvalue weighted by Crippen LogP contribution is -2.20. The van der Waals surface area contributed by atoms with Gasteiger partial charge in [0.25, 0.3) is 0 Å². The highest BCUT2D eigenvalue weighted by Crippen LogP contribution is 2.12. The number of hydrogen-bond acceptors (Lipinski definition) is 3. The second-order valence-electron chi connectivity index (χ2n) is 3.85. The summed E-state index contributed by atoms with van der Waals surface area (Å²) in [5, 5.41) is 11.9. The fourth-order valence-electron chi connectivity index (χ4n) is 1.30. The van der Waals surface area contributed by atoms with E-state index in [1.54, 1.807) is 24.3 Å². The molecule has 0 saturated heterocycles. The third kappa shape index (κ3) is 5.19. The molecule has 0 aromatic heterocycles. The van der Waals surface area contributed by atoms with Crippen LogP contribution in [-0.2, 0) is 0 Å². The van der Waals surface area contributed by atoms with Crippen molar-refractivity contribution in [3.63, 3.8) is 0 Å². The summed E-state index contributed by atoms with van der Waals surface area (Å²) in [6, 6.07) is 9.15. The van der Waals surface area contributed by atoms with Crippen molar-refractivity contribution in [2.45, 2.75) is 13.3 Å². The molecular formula is C14H18N2O. The summed E-state index contributed by atoms with van der Waals surface area (Å²) in [5.74, 6) is 0.764. The Labute approximate surface area is 103 Å². The minimum Gasteiger partial charge on any atom is -0.489 e. The van der Waals surface area contributed by atoms with Gasteiger partial charge in [0.2, 0.25) is 0 Å². The number of nitrogens with one attached hydrogen (secondary N) is 1. The summed E-state index contributed by atoms with van der Waals surface area (Å²) < 4.78 is 5.55. The SMILES string of the molecule is C=C(CNCCC)COc1ccc(C#N)cc1. The maximum Gasteiger partial charge on any atom is 0.119 e. The number of benzene rings is 1. The van der Waals surface area contributed by atoms with Crippen LogP contribution in [0.1, 0.15) is 18.9 Å². The van der Waals surface area contributed by atoms with Crippen molar-refractivity contribution < 1.29 is 4.74 Å². The van der Waals surface area contributed by atoms with E-state index in [0.29, 0.717) is 12.2 Å². The first kappa shape index (κ1) is 13.3. The second-order valence-corrected chi connectivity index (χ2v) is 3.85. The number of hydrogen-bond donors (Lipinski definition) is 1. The van der Waals surface area contributed by atoms with E-state index in [1.807, 2.05) is 0 Å². The van der Waals surface area contributed by atoms with Crippen LogP contribution in [0, 0.1) is 11.3 Å². The highest BCUT2D eigenvalue weighted by molar-refractivity contribution is 5.34. The van der Waals surface area contributed by atoms with Crippen molar-refractivity contribution in [3.8, 4) is 11.8 Å². The van der Waals surface area contributed by atoms with Crippen LogP contribution in [0.2, 0.25) is 0 Å². The molecule has 3 heteroatoms. The molecule has 0 radical (unpaired) electrons. The minimum atomic E-state index is 0.503. The zero-order chi connectivity index (χ0) is 12.5. The molecule has 3 nitrogen and oxygen atoms in total. The van der Waals surface area contributed by atoms with Crippen molar-refractivity contribution >= 4 is 0 Å². The number of rotatable bonds is 7. The van der Waals surface area contributed by atoms with Crippen LogP contribution in [0.25, 0.3) is 0 Å². The molecule has 1 aromatic rings. The van der Waals surface area contributed by atoms with Crippen molar-refractivity contribution in [3.05, 3.63) is 42.0 Å². The summed E-state index contributed by atoms with van der Waals surface area (Å²) in [6.45, 7) is 8.34. The van der Waals surface area contributed by atoms with Crippen LogP contribution >= 0.6 is 0 Å². The average molecular weight is 230 g/mol. The predicted octanol–water partition coefficient (Wildman–Crippen LogP) is 2.49. The highest BCUT2D eigenvalue weighted by atomic mass is 16.5. The van der Waals surface area contributed by atoms with Gasteiger partial charge in [-0.2, -0.15) is 5.26 Å². The van der Waals surface area contributed by atoms with Gasteiger partial charge in [0.1, 0.15) is 12.4 Å². The van der Waals surface area contributed by atoms with Gasteiger partial charge in [0.05, 0.1) is 11.6 Å². The highest BCUT2D eigenvalue weighted by Gasteiger charge is 1.97. The molecule has 0 unspecified atom stereocenters. The van der Waals surface area contributed by atoms with E-state index in [-0.39, 0.29) is 0 Å². The molecule has 0 bridgehead atoms. The van der Waals surface area contributed by atoms with E-state index in [0.717, 1.165) is 30.8 Å². The normalized spacial score (nSPS) is 9.65. The van der Waals surface area contributed by atoms with Gasteiger partial charge in [0.15, 0.2) is 0 Å². The van der Waals surface area contributed by atoms with Gasteiger partial charge < -0.3 is 10.1 Å². The minimum absolute atomic E-state index is 0.503. The van der Waals surface area contributed by atoms with Gasteiger partial charge in [-0.3, -0.25) is 0 Å². The van der Waals surface area contributed by atoms with E-state index >= 15 is 0 Å². The molecule has 0 fully saturated rings. The topological polar surface area (TPSA) is 45.0 Å².